The van der Waals surface area contributed by atoms with Crippen LogP contribution in [0.15, 0.2) is 24.3 Å². The van der Waals surface area contributed by atoms with Gasteiger partial charge in [0, 0.05) is 18.2 Å². The van der Waals surface area contributed by atoms with Crippen molar-refractivity contribution in [2.24, 2.45) is 11.8 Å². The van der Waals surface area contributed by atoms with Gasteiger partial charge in [0.25, 0.3) is 5.91 Å². The molecule has 0 aromatic heterocycles. The molecule has 0 bridgehead atoms. The Labute approximate surface area is 124 Å². The Balaban J connectivity index is 2.06. The second-order valence-electron chi connectivity index (χ2n) is 5.72. The number of carboxylic acid groups (broad SMARTS) is 1. The minimum atomic E-state index is -0.998. The molecule has 2 rings (SSSR count). The fourth-order valence-electron chi connectivity index (χ4n) is 2.42. The highest BCUT2D eigenvalue weighted by molar-refractivity contribution is 5.97. The molecular formula is C17H21NO3. The third-order valence-electron chi connectivity index (χ3n) is 4.04. The number of carbonyl (C=O) groups excluding carboxylic acids is 1. The van der Waals surface area contributed by atoms with Gasteiger partial charge < -0.3 is 10.4 Å². The van der Waals surface area contributed by atoms with Crippen LogP contribution in [-0.2, 0) is 4.79 Å². The van der Waals surface area contributed by atoms with Gasteiger partial charge in [-0.3, -0.25) is 4.79 Å². The third kappa shape index (κ3) is 4.18. The average molecular weight is 287 g/mol. The molecule has 0 radical (unpaired) electrons. The SMILES string of the molecule is Cc1c(/C=C/C(=O)O)cccc1C(=O)NCC(C)C1CC1. The van der Waals surface area contributed by atoms with Crippen LogP contribution in [0.4, 0.5) is 0 Å². The highest BCUT2D eigenvalue weighted by Gasteiger charge is 2.28. The van der Waals surface area contributed by atoms with Gasteiger partial charge in [-0.2, -0.15) is 0 Å². The van der Waals surface area contributed by atoms with Crippen molar-refractivity contribution >= 4 is 18.0 Å². The molecule has 0 saturated heterocycles. The summed E-state index contributed by atoms with van der Waals surface area (Å²) in [6, 6.07) is 5.34. The highest BCUT2D eigenvalue weighted by atomic mass is 16.4. The molecule has 2 N–H and O–H groups in total. The van der Waals surface area contributed by atoms with Crippen LogP contribution < -0.4 is 5.32 Å². The first-order valence-electron chi connectivity index (χ1n) is 7.28. The molecule has 1 saturated carbocycles. The van der Waals surface area contributed by atoms with Crippen LogP contribution in [0.3, 0.4) is 0 Å². The largest absolute Gasteiger partial charge is 0.478 e. The third-order valence-corrected chi connectivity index (χ3v) is 4.04. The van der Waals surface area contributed by atoms with Gasteiger partial charge in [0.15, 0.2) is 0 Å². The minimum absolute atomic E-state index is 0.0921. The number of carboxylic acids is 1. The van der Waals surface area contributed by atoms with Crippen molar-refractivity contribution in [3.8, 4) is 0 Å². The molecule has 0 spiro atoms. The summed E-state index contributed by atoms with van der Waals surface area (Å²) in [5, 5.41) is 11.7. The number of hydrogen-bond donors (Lipinski definition) is 2. The molecule has 21 heavy (non-hydrogen) atoms. The summed E-state index contributed by atoms with van der Waals surface area (Å²) in [7, 11) is 0. The Morgan fingerprint density at radius 3 is 2.76 bits per heavy atom. The molecule has 0 aliphatic heterocycles. The van der Waals surface area contributed by atoms with E-state index in [1.165, 1.54) is 18.9 Å². The Morgan fingerprint density at radius 2 is 2.14 bits per heavy atom. The molecule has 1 aromatic rings. The number of amides is 1. The van der Waals surface area contributed by atoms with Crippen molar-refractivity contribution < 1.29 is 14.7 Å². The molecular weight excluding hydrogens is 266 g/mol. The van der Waals surface area contributed by atoms with Gasteiger partial charge in [-0.25, -0.2) is 4.79 Å². The fraction of sp³-hybridized carbons (Fsp3) is 0.412. The van der Waals surface area contributed by atoms with Crippen LogP contribution in [0.2, 0.25) is 0 Å². The van der Waals surface area contributed by atoms with Gasteiger partial charge in [-0.15, -0.1) is 0 Å². The maximum Gasteiger partial charge on any atom is 0.328 e. The van der Waals surface area contributed by atoms with Gasteiger partial charge in [-0.1, -0.05) is 19.1 Å². The van der Waals surface area contributed by atoms with E-state index in [1.807, 2.05) is 6.92 Å². The summed E-state index contributed by atoms with van der Waals surface area (Å²) < 4.78 is 0. The summed E-state index contributed by atoms with van der Waals surface area (Å²) in [6.45, 7) is 4.69. The summed E-state index contributed by atoms with van der Waals surface area (Å²) >= 11 is 0. The number of carbonyl (C=O) groups is 2. The van der Waals surface area contributed by atoms with Crippen LogP contribution in [0.5, 0.6) is 0 Å². The van der Waals surface area contributed by atoms with Gasteiger partial charge in [0.2, 0.25) is 0 Å². The van der Waals surface area contributed by atoms with Crippen LogP contribution in [0.25, 0.3) is 6.08 Å². The second kappa shape index (κ2) is 6.57. The van der Waals surface area contributed by atoms with E-state index < -0.39 is 5.97 Å². The van der Waals surface area contributed by atoms with Crippen molar-refractivity contribution in [1.82, 2.24) is 5.32 Å². The van der Waals surface area contributed by atoms with E-state index in [1.54, 1.807) is 18.2 Å². The van der Waals surface area contributed by atoms with Crippen LogP contribution >= 0.6 is 0 Å². The van der Waals surface area contributed by atoms with Crippen molar-refractivity contribution in [3.05, 3.63) is 41.0 Å². The van der Waals surface area contributed by atoms with E-state index in [0.717, 1.165) is 23.1 Å². The predicted octanol–water partition coefficient (Wildman–Crippen LogP) is 2.87. The van der Waals surface area contributed by atoms with Gasteiger partial charge in [0.1, 0.15) is 0 Å². The Morgan fingerprint density at radius 1 is 1.43 bits per heavy atom. The molecule has 1 unspecified atom stereocenters. The first-order valence-corrected chi connectivity index (χ1v) is 7.28. The van der Waals surface area contributed by atoms with Crippen LogP contribution in [-0.4, -0.2) is 23.5 Å². The summed E-state index contributed by atoms with van der Waals surface area (Å²) in [6.07, 6.45) is 5.14. The summed E-state index contributed by atoms with van der Waals surface area (Å²) in [5.41, 5.74) is 2.15. The van der Waals surface area contributed by atoms with E-state index in [9.17, 15) is 9.59 Å². The number of rotatable bonds is 6. The number of hydrogen-bond acceptors (Lipinski definition) is 2. The van der Waals surface area contributed by atoms with E-state index in [2.05, 4.69) is 12.2 Å². The monoisotopic (exact) mass is 287 g/mol. The van der Waals surface area contributed by atoms with Crippen molar-refractivity contribution in [2.75, 3.05) is 6.54 Å². The molecule has 4 heteroatoms. The number of aliphatic carboxylic acids is 1. The minimum Gasteiger partial charge on any atom is -0.478 e. The summed E-state index contributed by atoms with van der Waals surface area (Å²) in [5.74, 6) is 0.189. The topological polar surface area (TPSA) is 66.4 Å². The molecule has 0 heterocycles. The highest BCUT2D eigenvalue weighted by Crippen LogP contribution is 2.36. The van der Waals surface area contributed by atoms with Gasteiger partial charge in [0.05, 0.1) is 0 Å². The van der Waals surface area contributed by atoms with Crippen LogP contribution in [0.1, 0.15) is 41.3 Å². The summed E-state index contributed by atoms with van der Waals surface area (Å²) in [4.78, 5) is 22.8. The van der Waals surface area contributed by atoms with E-state index in [0.29, 0.717) is 18.0 Å². The lowest BCUT2D eigenvalue weighted by Gasteiger charge is -2.13. The molecule has 1 amide bonds. The molecule has 4 nitrogen and oxygen atoms in total. The quantitative estimate of drug-likeness (QED) is 0.791. The molecule has 112 valence electrons. The number of nitrogens with one attached hydrogen (secondary N) is 1. The average Bonchev–Trinajstić information content (AvgIpc) is 3.27. The van der Waals surface area contributed by atoms with Gasteiger partial charge in [-0.05, 0) is 54.9 Å². The predicted molar refractivity (Wildman–Crippen MR) is 82.1 cm³/mol. The maximum atomic E-state index is 12.3. The standard InChI is InChI=1S/C17H21NO3/c1-11(13-6-7-13)10-18-17(21)15-5-3-4-14(12(15)2)8-9-16(19)20/h3-5,8-9,11,13H,6-7,10H2,1-2H3,(H,18,21)(H,19,20)/b9-8+. The van der Waals surface area contributed by atoms with Gasteiger partial charge >= 0.3 is 5.97 Å². The van der Waals surface area contributed by atoms with Crippen LogP contribution in [0, 0.1) is 18.8 Å². The molecule has 1 aliphatic rings. The maximum absolute atomic E-state index is 12.3. The van der Waals surface area contributed by atoms with Crippen molar-refractivity contribution in [1.29, 1.82) is 0 Å². The zero-order chi connectivity index (χ0) is 15.4. The van der Waals surface area contributed by atoms with E-state index in [4.69, 9.17) is 5.11 Å². The first kappa shape index (κ1) is 15.3. The molecule has 1 atom stereocenters. The van der Waals surface area contributed by atoms with E-state index >= 15 is 0 Å². The smallest absolute Gasteiger partial charge is 0.328 e. The lowest BCUT2D eigenvalue weighted by Crippen LogP contribution is -2.29. The Hall–Kier alpha value is -2.10. The lowest BCUT2D eigenvalue weighted by atomic mass is 10.0. The normalized spacial score (nSPS) is 15.9. The molecule has 1 aliphatic carbocycles. The van der Waals surface area contributed by atoms with E-state index in [-0.39, 0.29) is 5.91 Å². The van der Waals surface area contributed by atoms with Crippen molar-refractivity contribution in [2.45, 2.75) is 26.7 Å². The number of benzene rings is 1. The Kier molecular flexibility index (Phi) is 4.78. The molecule has 1 fully saturated rings. The second-order valence-corrected chi connectivity index (χ2v) is 5.72. The lowest BCUT2D eigenvalue weighted by molar-refractivity contribution is -0.131. The molecule has 1 aromatic carbocycles. The fourth-order valence-corrected chi connectivity index (χ4v) is 2.42. The zero-order valence-electron chi connectivity index (χ0n) is 12.4. The zero-order valence-corrected chi connectivity index (χ0v) is 12.4. The van der Waals surface area contributed by atoms with Crippen molar-refractivity contribution in [3.63, 3.8) is 0 Å². The first-order chi connectivity index (χ1) is 9.99. The Bertz CT molecular complexity index is 573.